The molecule has 0 saturated heterocycles. The highest BCUT2D eigenvalue weighted by atomic mass is 32.2. The number of hydrogen-bond acceptors (Lipinski definition) is 2. The largest absolute Gasteiger partial charge is 0.336 e. The first-order valence-electron chi connectivity index (χ1n) is 6.18. The number of quaternary nitrogens is 1. The predicted octanol–water partition coefficient (Wildman–Crippen LogP) is -0.0272. The Morgan fingerprint density at radius 1 is 1.12 bits per heavy atom. The normalized spacial score (nSPS) is 14.3. The molecule has 0 amide bonds. The van der Waals surface area contributed by atoms with Crippen LogP contribution in [-0.2, 0) is 10.0 Å². The lowest BCUT2D eigenvalue weighted by Crippen LogP contribution is -3.09. The molecule has 0 radical (unpaired) electrons. The molecule has 0 bridgehead atoms. The van der Waals surface area contributed by atoms with Gasteiger partial charge in [0.2, 0.25) is 10.0 Å². The van der Waals surface area contributed by atoms with Gasteiger partial charge in [0, 0.05) is 6.54 Å². The van der Waals surface area contributed by atoms with Crippen molar-refractivity contribution in [3.05, 3.63) is 0 Å². The van der Waals surface area contributed by atoms with Crippen molar-refractivity contribution < 1.29 is 13.3 Å². The van der Waals surface area contributed by atoms with Crippen molar-refractivity contribution in [2.75, 3.05) is 39.5 Å². The molecule has 0 aromatic heterocycles. The van der Waals surface area contributed by atoms with Crippen LogP contribution in [0.15, 0.2) is 0 Å². The Bertz CT molecular complexity index is 265. The first kappa shape index (κ1) is 15.9. The van der Waals surface area contributed by atoms with Gasteiger partial charge in [0.25, 0.3) is 0 Å². The Kier molecular flexibility index (Phi) is 7.97. The molecule has 0 rings (SSSR count). The number of unbranched alkanes of at least 4 members (excludes halogenated alkanes) is 2. The van der Waals surface area contributed by atoms with Crippen LogP contribution in [-0.4, -0.2) is 52.2 Å². The summed E-state index contributed by atoms with van der Waals surface area (Å²) in [6.07, 6.45) is 5.01. The molecule has 0 fully saturated rings. The van der Waals surface area contributed by atoms with Gasteiger partial charge in [-0.3, -0.25) is 0 Å². The van der Waals surface area contributed by atoms with Gasteiger partial charge in [-0.2, -0.15) is 4.31 Å². The zero-order chi connectivity index (χ0) is 12.6. The van der Waals surface area contributed by atoms with E-state index in [9.17, 15) is 8.42 Å². The Balaban J connectivity index is 3.85. The summed E-state index contributed by atoms with van der Waals surface area (Å²) in [4.78, 5) is 1.41. The molecule has 4 nitrogen and oxygen atoms in total. The quantitative estimate of drug-likeness (QED) is 0.585. The molecule has 1 atom stereocenters. The third-order valence-corrected chi connectivity index (χ3v) is 4.20. The van der Waals surface area contributed by atoms with E-state index in [1.807, 2.05) is 6.92 Å². The van der Waals surface area contributed by atoms with Crippen molar-refractivity contribution in [3.63, 3.8) is 0 Å². The Hall–Kier alpha value is -0.130. The smallest absolute Gasteiger partial charge is 0.211 e. The van der Waals surface area contributed by atoms with Crippen LogP contribution in [0.3, 0.4) is 0 Å². The molecule has 1 unspecified atom stereocenters. The molecular weight excluding hydrogens is 224 g/mol. The Morgan fingerprint density at radius 3 is 2.19 bits per heavy atom. The van der Waals surface area contributed by atoms with Gasteiger partial charge >= 0.3 is 0 Å². The van der Waals surface area contributed by atoms with Gasteiger partial charge in [0.05, 0.1) is 32.9 Å². The van der Waals surface area contributed by atoms with Crippen LogP contribution >= 0.6 is 0 Å². The molecular formula is C11H27N2O2S+. The minimum atomic E-state index is -3.02. The number of rotatable bonds is 9. The van der Waals surface area contributed by atoms with Crippen molar-refractivity contribution in [1.29, 1.82) is 0 Å². The molecule has 5 heteroatoms. The van der Waals surface area contributed by atoms with E-state index in [4.69, 9.17) is 0 Å². The standard InChI is InChI=1S/C11H26N2O2S/c1-5-7-8-9-12(3)10-11-13(6-2)16(4,14)15/h5-11H2,1-4H3/p+1. The minimum Gasteiger partial charge on any atom is -0.336 e. The Labute approximate surface area is 101 Å². The minimum absolute atomic E-state index is 0.571. The zero-order valence-corrected chi connectivity index (χ0v) is 11.9. The maximum Gasteiger partial charge on any atom is 0.211 e. The fourth-order valence-electron chi connectivity index (χ4n) is 1.68. The number of nitrogens with zero attached hydrogens (tertiary/aromatic N) is 1. The Morgan fingerprint density at radius 2 is 1.75 bits per heavy atom. The highest BCUT2D eigenvalue weighted by Crippen LogP contribution is 1.94. The van der Waals surface area contributed by atoms with Gasteiger partial charge in [-0.05, 0) is 12.8 Å². The van der Waals surface area contributed by atoms with Crippen molar-refractivity contribution in [3.8, 4) is 0 Å². The SMILES string of the molecule is CCCCC[NH+](C)CCN(CC)S(C)(=O)=O. The molecule has 0 aromatic carbocycles. The van der Waals surface area contributed by atoms with Crippen LogP contribution < -0.4 is 4.90 Å². The third kappa shape index (κ3) is 7.19. The van der Waals surface area contributed by atoms with Crippen molar-refractivity contribution >= 4 is 10.0 Å². The van der Waals surface area contributed by atoms with E-state index in [2.05, 4.69) is 14.0 Å². The van der Waals surface area contributed by atoms with E-state index < -0.39 is 10.0 Å². The van der Waals surface area contributed by atoms with Crippen LogP contribution in [0.2, 0.25) is 0 Å². The molecule has 16 heavy (non-hydrogen) atoms. The van der Waals surface area contributed by atoms with Gasteiger partial charge < -0.3 is 4.90 Å². The third-order valence-electron chi connectivity index (χ3n) is 2.82. The summed E-state index contributed by atoms with van der Waals surface area (Å²) in [6, 6.07) is 0. The van der Waals surface area contributed by atoms with E-state index in [-0.39, 0.29) is 0 Å². The number of sulfonamides is 1. The zero-order valence-electron chi connectivity index (χ0n) is 11.1. The van der Waals surface area contributed by atoms with Crippen LogP contribution in [0.25, 0.3) is 0 Å². The van der Waals surface area contributed by atoms with Gasteiger partial charge in [-0.1, -0.05) is 20.3 Å². The van der Waals surface area contributed by atoms with Crippen molar-refractivity contribution in [1.82, 2.24) is 4.31 Å². The average molecular weight is 251 g/mol. The molecule has 98 valence electrons. The summed E-state index contributed by atoms with van der Waals surface area (Å²) in [6.45, 7) is 7.30. The van der Waals surface area contributed by atoms with E-state index in [1.54, 1.807) is 0 Å². The van der Waals surface area contributed by atoms with Crippen LogP contribution in [0.4, 0.5) is 0 Å². The van der Waals surface area contributed by atoms with E-state index in [0.717, 1.165) is 13.1 Å². The highest BCUT2D eigenvalue weighted by molar-refractivity contribution is 7.88. The predicted molar refractivity (Wildman–Crippen MR) is 68.2 cm³/mol. The second kappa shape index (κ2) is 8.03. The lowest BCUT2D eigenvalue weighted by molar-refractivity contribution is -0.879. The molecule has 0 aromatic rings. The van der Waals surface area contributed by atoms with Gasteiger partial charge in [0.1, 0.15) is 0 Å². The van der Waals surface area contributed by atoms with Crippen molar-refractivity contribution in [2.24, 2.45) is 0 Å². The van der Waals surface area contributed by atoms with Crippen LogP contribution in [0.1, 0.15) is 33.1 Å². The summed E-state index contributed by atoms with van der Waals surface area (Å²) in [5.74, 6) is 0. The fourth-order valence-corrected chi connectivity index (χ4v) is 2.57. The second-order valence-electron chi connectivity index (χ2n) is 4.42. The molecule has 0 aliphatic carbocycles. The monoisotopic (exact) mass is 251 g/mol. The van der Waals surface area contributed by atoms with Gasteiger partial charge in [-0.25, -0.2) is 8.42 Å². The van der Waals surface area contributed by atoms with Crippen LogP contribution in [0, 0.1) is 0 Å². The summed E-state index contributed by atoms with van der Waals surface area (Å²) >= 11 is 0. The van der Waals surface area contributed by atoms with E-state index in [1.165, 1.54) is 34.7 Å². The lowest BCUT2D eigenvalue weighted by atomic mass is 10.2. The molecule has 0 saturated carbocycles. The van der Waals surface area contributed by atoms with Crippen LogP contribution in [0.5, 0.6) is 0 Å². The maximum atomic E-state index is 11.4. The van der Waals surface area contributed by atoms with E-state index >= 15 is 0 Å². The molecule has 0 aliphatic rings. The second-order valence-corrected chi connectivity index (χ2v) is 6.40. The summed E-state index contributed by atoms with van der Waals surface area (Å²) in [7, 11) is -0.885. The molecule has 1 N–H and O–H groups in total. The average Bonchev–Trinajstić information content (AvgIpc) is 2.17. The number of nitrogens with one attached hydrogen (secondary N) is 1. The topological polar surface area (TPSA) is 41.8 Å². The number of hydrogen-bond donors (Lipinski definition) is 1. The molecule has 0 spiro atoms. The molecule has 0 heterocycles. The maximum absolute atomic E-state index is 11.4. The summed E-state index contributed by atoms with van der Waals surface area (Å²) in [5.41, 5.74) is 0. The first-order valence-corrected chi connectivity index (χ1v) is 8.03. The summed E-state index contributed by atoms with van der Waals surface area (Å²) < 4.78 is 24.2. The number of likely N-dealkylation sites (N-methyl/N-ethyl adjacent to an activating group) is 2. The first-order chi connectivity index (χ1) is 7.41. The summed E-state index contributed by atoms with van der Waals surface area (Å²) in [5, 5.41) is 0. The highest BCUT2D eigenvalue weighted by Gasteiger charge is 2.15. The van der Waals surface area contributed by atoms with Gasteiger partial charge in [-0.15, -0.1) is 0 Å². The fraction of sp³-hybridized carbons (Fsp3) is 1.00. The van der Waals surface area contributed by atoms with Gasteiger partial charge in [0.15, 0.2) is 0 Å². The van der Waals surface area contributed by atoms with Crippen molar-refractivity contribution in [2.45, 2.75) is 33.1 Å². The lowest BCUT2D eigenvalue weighted by Gasteiger charge is -2.20. The van der Waals surface area contributed by atoms with E-state index in [0.29, 0.717) is 13.1 Å². The molecule has 0 aliphatic heterocycles.